The fourth-order valence-electron chi connectivity index (χ4n) is 3.25. The van der Waals surface area contributed by atoms with Crippen LogP contribution in [0.5, 0.6) is 0 Å². The number of Topliss-reactive ketones (excluding diaryl/α,β-unsaturated/α-hetero) is 1. The smallest absolute Gasteiger partial charge is 0.157 e. The minimum atomic E-state index is -0.0822. The lowest BCUT2D eigenvalue weighted by Gasteiger charge is -2.23. The van der Waals surface area contributed by atoms with Gasteiger partial charge in [-0.2, -0.15) is 11.3 Å². The first-order valence-electron chi connectivity index (χ1n) is 10.9. The lowest BCUT2D eigenvalue weighted by molar-refractivity contribution is -0.126. The largest absolute Gasteiger partial charge is 0.311 e. The van der Waals surface area contributed by atoms with Gasteiger partial charge in [-0.25, -0.2) is 4.98 Å². The van der Waals surface area contributed by atoms with Gasteiger partial charge in [-0.3, -0.25) is 14.6 Å². The molecule has 2 heterocycles. The first-order valence-corrected chi connectivity index (χ1v) is 12.7. The summed E-state index contributed by atoms with van der Waals surface area (Å²) >= 11 is 3.34. The zero-order chi connectivity index (χ0) is 24.4. The summed E-state index contributed by atoms with van der Waals surface area (Å²) in [4.78, 5) is 20.4. The Hall–Kier alpha value is -1.93. The van der Waals surface area contributed by atoms with Crippen LogP contribution in [0.15, 0.2) is 35.0 Å². The van der Waals surface area contributed by atoms with Crippen molar-refractivity contribution in [2.75, 3.05) is 28.2 Å². The summed E-state index contributed by atoms with van der Waals surface area (Å²) in [7, 11) is 7.85. The van der Waals surface area contributed by atoms with Crippen LogP contribution in [0.2, 0.25) is 0 Å². The highest BCUT2D eigenvalue weighted by Gasteiger charge is 2.25. The number of ketones is 1. The van der Waals surface area contributed by atoms with E-state index in [0.717, 1.165) is 21.7 Å². The molecule has 0 saturated carbocycles. The van der Waals surface area contributed by atoms with Gasteiger partial charge in [0.25, 0.3) is 0 Å². The number of carbonyl (C=O) groups excluding carboxylic acids is 1. The van der Waals surface area contributed by atoms with Gasteiger partial charge in [-0.15, -0.1) is 11.3 Å². The molecule has 0 aliphatic heterocycles. The maximum Gasteiger partial charge on any atom is 0.157 e. The summed E-state index contributed by atoms with van der Waals surface area (Å²) in [6, 6.07) is 8.22. The fourth-order valence-corrected chi connectivity index (χ4v) is 4.74. The molecule has 0 bridgehead atoms. The minimum absolute atomic E-state index is 0.0337. The van der Waals surface area contributed by atoms with Gasteiger partial charge in [0.2, 0.25) is 0 Å². The number of nitrogens with zero attached hydrogens (tertiary/aromatic N) is 3. The van der Waals surface area contributed by atoms with Crippen LogP contribution in [0, 0.1) is 18.3 Å². The van der Waals surface area contributed by atoms with Crippen molar-refractivity contribution >= 4 is 44.9 Å². The van der Waals surface area contributed by atoms with Gasteiger partial charge in [0, 0.05) is 12.1 Å². The topological polar surface area (TPSA) is 60.3 Å². The van der Waals surface area contributed by atoms with Crippen molar-refractivity contribution in [2.45, 2.75) is 46.7 Å². The molecule has 2 aromatic heterocycles. The van der Waals surface area contributed by atoms with E-state index >= 15 is 0 Å². The lowest BCUT2D eigenvalue weighted by Crippen LogP contribution is -2.30. The van der Waals surface area contributed by atoms with E-state index in [1.54, 1.807) is 22.7 Å². The highest BCUT2D eigenvalue weighted by molar-refractivity contribution is 7.18. The van der Waals surface area contributed by atoms with Crippen molar-refractivity contribution < 1.29 is 4.79 Å². The van der Waals surface area contributed by atoms with E-state index in [2.05, 4.69) is 23.2 Å². The summed E-state index contributed by atoms with van der Waals surface area (Å²) in [6.45, 7) is 9.92. The van der Waals surface area contributed by atoms with Crippen molar-refractivity contribution in [2.24, 2.45) is 5.92 Å². The molecule has 0 spiro atoms. The van der Waals surface area contributed by atoms with Crippen LogP contribution >= 0.6 is 22.7 Å². The lowest BCUT2D eigenvalue weighted by atomic mass is 9.96. The highest BCUT2D eigenvalue weighted by atomic mass is 32.1. The van der Waals surface area contributed by atoms with Gasteiger partial charge in [0.1, 0.15) is 0 Å². The van der Waals surface area contributed by atoms with Gasteiger partial charge in [0.15, 0.2) is 5.78 Å². The molecular formula is C25H38N4OS2. The monoisotopic (exact) mass is 474 g/mol. The Kier molecular flexibility index (Phi) is 11.9. The number of aryl methyl sites for hydroxylation is 1. The van der Waals surface area contributed by atoms with Crippen LogP contribution in [0.25, 0.3) is 10.2 Å². The Labute approximate surface area is 201 Å². The fraction of sp³-hybridized carbons (Fsp3) is 0.480. The average molecular weight is 475 g/mol. The minimum Gasteiger partial charge on any atom is -0.311 e. The number of carbonyl (C=O) groups is 1. The number of nitrogens with one attached hydrogen (secondary N) is 1. The standard InChI is InChI=1S/C12H15N3S.C11H17NOS.C2H6/c1-8-14-10-6-9(4-5-12(10)16-8)11(7-13)15(2)3;1-8(2)11(13)10(12(3)4)9-5-6-14-7-9;1-2/h4-7,11,13H,1-3H3;5-8,10H,1-4H3;1-2H3. The molecule has 0 radical (unpaired) electrons. The van der Waals surface area contributed by atoms with Gasteiger partial charge in [0.05, 0.1) is 27.3 Å². The molecule has 0 aliphatic rings. The number of likely N-dealkylation sites (N-methyl/N-ethyl adjacent to an activating group) is 1. The average Bonchev–Trinajstić information content (AvgIpc) is 3.38. The van der Waals surface area contributed by atoms with Gasteiger partial charge in [-0.1, -0.05) is 33.8 Å². The van der Waals surface area contributed by atoms with Crippen molar-refractivity contribution in [3.05, 3.63) is 51.2 Å². The molecule has 3 rings (SSSR count). The van der Waals surface area contributed by atoms with Crippen LogP contribution in [0.3, 0.4) is 0 Å². The molecule has 5 nitrogen and oxygen atoms in total. The van der Waals surface area contributed by atoms with E-state index < -0.39 is 0 Å². The SMILES string of the molecule is CC.CC(C)C(=O)C(c1ccsc1)N(C)C.Cc1nc2cc(C(C=N)N(C)C)ccc2s1. The molecule has 1 aromatic carbocycles. The molecule has 1 N–H and O–H groups in total. The molecule has 0 saturated heterocycles. The van der Waals surface area contributed by atoms with E-state index in [4.69, 9.17) is 5.41 Å². The third kappa shape index (κ3) is 7.59. The van der Waals surface area contributed by atoms with Gasteiger partial charge < -0.3 is 5.41 Å². The second-order valence-corrected chi connectivity index (χ2v) is 10.0. The molecule has 32 heavy (non-hydrogen) atoms. The van der Waals surface area contributed by atoms with E-state index in [0.29, 0.717) is 0 Å². The zero-order valence-electron chi connectivity index (χ0n) is 20.8. The quantitative estimate of drug-likeness (QED) is 0.399. The number of fused-ring (bicyclic) bond motifs is 1. The predicted molar refractivity (Wildman–Crippen MR) is 142 cm³/mol. The normalized spacial score (nSPS) is 12.8. The number of hydrogen-bond donors (Lipinski definition) is 1. The molecule has 2 atom stereocenters. The molecule has 7 heteroatoms. The Balaban J connectivity index is 0.000000300. The van der Waals surface area contributed by atoms with E-state index in [9.17, 15) is 4.79 Å². The molecule has 2 unspecified atom stereocenters. The molecule has 0 aliphatic carbocycles. The summed E-state index contributed by atoms with van der Waals surface area (Å²) in [5.41, 5.74) is 3.27. The summed E-state index contributed by atoms with van der Waals surface area (Å²) in [5.74, 6) is 0.371. The number of hydrogen-bond acceptors (Lipinski definition) is 7. The number of benzene rings is 1. The molecular weight excluding hydrogens is 436 g/mol. The van der Waals surface area contributed by atoms with Crippen molar-refractivity contribution in [1.29, 1.82) is 5.41 Å². The van der Waals surface area contributed by atoms with E-state index in [-0.39, 0.29) is 23.8 Å². The maximum absolute atomic E-state index is 11.9. The summed E-state index contributed by atoms with van der Waals surface area (Å²) in [6.07, 6.45) is 1.46. The van der Waals surface area contributed by atoms with Gasteiger partial charge in [-0.05, 0) is 75.2 Å². The molecule has 0 amide bonds. The van der Waals surface area contributed by atoms with Crippen LogP contribution in [0.1, 0.15) is 55.9 Å². The second-order valence-electron chi connectivity index (χ2n) is 8.02. The third-order valence-electron chi connectivity index (χ3n) is 4.79. The van der Waals surface area contributed by atoms with E-state index in [1.807, 2.05) is 89.4 Å². The van der Waals surface area contributed by atoms with Crippen LogP contribution in [-0.2, 0) is 4.79 Å². The van der Waals surface area contributed by atoms with Crippen molar-refractivity contribution in [3.8, 4) is 0 Å². The maximum atomic E-state index is 11.9. The molecule has 0 fully saturated rings. The Bertz CT molecular complexity index is 962. The number of aromatic nitrogens is 1. The van der Waals surface area contributed by atoms with Gasteiger partial charge >= 0.3 is 0 Å². The van der Waals surface area contributed by atoms with Crippen molar-refractivity contribution in [1.82, 2.24) is 14.8 Å². The number of thiazole rings is 1. The highest BCUT2D eigenvalue weighted by Crippen LogP contribution is 2.26. The zero-order valence-corrected chi connectivity index (χ0v) is 22.5. The molecule has 176 valence electrons. The predicted octanol–water partition coefficient (Wildman–Crippen LogP) is 6.46. The first kappa shape index (κ1) is 28.1. The van der Waals surface area contributed by atoms with Crippen LogP contribution < -0.4 is 0 Å². The Morgan fingerprint density at radius 1 is 1.06 bits per heavy atom. The Morgan fingerprint density at radius 3 is 2.19 bits per heavy atom. The summed E-state index contributed by atoms with van der Waals surface area (Å²) < 4.78 is 1.21. The van der Waals surface area contributed by atoms with Crippen molar-refractivity contribution in [3.63, 3.8) is 0 Å². The van der Waals surface area contributed by atoms with E-state index in [1.165, 1.54) is 10.9 Å². The third-order valence-corrected chi connectivity index (χ3v) is 6.44. The second kappa shape index (κ2) is 13.6. The Morgan fingerprint density at radius 2 is 1.72 bits per heavy atom. The number of thiophene rings is 1. The summed E-state index contributed by atoms with van der Waals surface area (Å²) in [5, 5.41) is 12.6. The molecule has 3 aromatic rings. The van der Waals surface area contributed by atoms with Crippen LogP contribution in [-0.4, -0.2) is 55.0 Å². The first-order chi connectivity index (χ1) is 15.1. The number of rotatable bonds is 7. The van der Waals surface area contributed by atoms with Crippen LogP contribution in [0.4, 0.5) is 0 Å².